The number of carbonyl (C=O) groups is 1. The van der Waals surface area contributed by atoms with Crippen molar-refractivity contribution >= 4 is 56.6 Å². The van der Waals surface area contributed by atoms with Gasteiger partial charge in [-0.25, -0.2) is 18.4 Å². The molecule has 14 heteroatoms. The number of rotatable bonds is 7. The molecular weight excluding hydrogens is 590 g/mol. The summed E-state index contributed by atoms with van der Waals surface area (Å²) in [5.74, 6) is 0.329. The second-order valence-electron chi connectivity index (χ2n) is 10.9. The molecule has 0 spiro atoms. The number of hydrogen-bond acceptors (Lipinski definition) is 8. The number of amides is 1. The minimum Gasteiger partial charge on any atom is -0.378 e. The first kappa shape index (κ1) is 30.1. The molecule has 12 nitrogen and oxygen atoms in total. The monoisotopic (exact) mass is 619 g/mol. The van der Waals surface area contributed by atoms with Crippen molar-refractivity contribution in [2.45, 2.75) is 30.6 Å². The fraction of sp³-hybridized carbons (Fsp3) is 0.207. The maximum absolute atomic E-state index is 12.8. The smallest absolute Gasteiger partial charge is 0.255 e. The van der Waals surface area contributed by atoms with E-state index in [1.54, 1.807) is 24.3 Å². The van der Waals surface area contributed by atoms with Gasteiger partial charge in [0.2, 0.25) is 5.82 Å². The van der Waals surface area contributed by atoms with Crippen LogP contribution in [-0.4, -0.2) is 63.8 Å². The van der Waals surface area contributed by atoms with Gasteiger partial charge in [0.15, 0.2) is 28.0 Å². The summed E-state index contributed by atoms with van der Waals surface area (Å²) in [5, 5.41) is 12.0. The lowest BCUT2D eigenvalue weighted by molar-refractivity contribution is 0.102. The van der Waals surface area contributed by atoms with Gasteiger partial charge in [0.05, 0.1) is 21.2 Å². The number of aromatic nitrogens is 3. The van der Waals surface area contributed by atoms with Gasteiger partial charge in [0, 0.05) is 42.0 Å². The summed E-state index contributed by atoms with van der Waals surface area (Å²) in [5.41, 5.74) is 4.01. The molecule has 0 saturated heterocycles. The van der Waals surface area contributed by atoms with Crippen molar-refractivity contribution in [2.24, 2.45) is 15.5 Å². The van der Waals surface area contributed by atoms with Gasteiger partial charge in [-0.15, -0.1) is 9.89 Å². The van der Waals surface area contributed by atoms with Crippen LogP contribution in [0.5, 0.6) is 0 Å². The Morgan fingerprint density at radius 2 is 1.53 bits per heavy atom. The predicted molar refractivity (Wildman–Crippen MR) is 167 cm³/mol. The second kappa shape index (κ2) is 11.7. The zero-order valence-corrected chi connectivity index (χ0v) is 25.6. The number of hydrogen-bond donors (Lipinski definition) is 3. The molecule has 0 saturated carbocycles. The summed E-state index contributed by atoms with van der Waals surface area (Å²) >= 11 is -4.87. The topological polar surface area (TPSA) is 162 Å². The van der Waals surface area contributed by atoms with Crippen molar-refractivity contribution in [1.29, 1.82) is 0 Å². The number of benzene rings is 3. The minimum absolute atomic E-state index is 0.0377. The van der Waals surface area contributed by atoms with E-state index >= 15 is 0 Å². The van der Waals surface area contributed by atoms with Gasteiger partial charge in [-0.1, -0.05) is 20.8 Å². The fourth-order valence-electron chi connectivity index (χ4n) is 4.27. The van der Waals surface area contributed by atoms with E-state index in [0.29, 0.717) is 28.6 Å². The van der Waals surface area contributed by atoms with Crippen LogP contribution in [0.1, 0.15) is 37.0 Å². The van der Waals surface area contributed by atoms with E-state index in [4.69, 9.17) is 15.1 Å². The van der Waals surface area contributed by atoms with Gasteiger partial charge in [0.25, 0.3) is 5.91 Å². The normalized spacial score (nSPS) is 15.1. The van der Waals surface area contributed by atoms with Crippen LogP contribution >= 0.6 is 0 Å². The number of fused-ring (bicyclic) bond motifs is 1. The molecule has 43 heavy (non-hydrogen) atoms. The summed E-state index contributed by atoms with van der Waals surface area (Å²) in [6.45, 7) is 6.17. The Kier molecular flexibility index (Phi) is 8.21. The summed E-state index contributed by atoms with van der Waals surface area (Å²) < 4.78 is 41.8. The molecule has 3 aromatic carbocycles. The largest absolute Gasteiger partial charge is 0.378 e. The summed E-state index contributed by atoms with van der Waals surface area (Å²) in [7, 11) is 3.96. The molecule has 2 unspecified atom stereocenters. The Labute approximate surface area is 253 Å². The van der Waals surface area contributed by atoms with Crippen LogP contribution in [0.2, 0.25) is 0 Å². The highest BCUT2D eigenvalue weighted by atomic mass is 32.2. The van der Waals surface area contributed by atoms with Gasteiger partial charge in [0.1, 0.15) is 5.71 Å². The van der Waals surface area contributed by atoms with Gasteiger partial charge in [-0.3, -0.25) is 4.79 Å². The summed E-state index contributed by atoms with van der Waals surface area (Å²) in [6.07, 6.45) is 0. The van der Waals surface area contributed by atoms with Crippen LogP contribution in [0, 0.1) is 5.41 Å². The zero-order chi connectivity index (χ0) is 31.1. The quantitative estimate of drug-likeness (QED) is 0.248. The Morgan fingerprint density at radius 1 is 0.930 bits per heavy atom. The van der Waals surface area contributed by atoms with Crippen LogP contribution in [-0.2, 0) is 22.2 Å². The number of nitrogens with one attached hydrogen (secondary N) is 1. The number of carbonyl (C=O) groups excluding carboxylic acids is 1. The Balaban J connectivity index is 1.40. The molecule has 3 N–H and O–H groups in total. The molecule has 5 rings (SSSR count). The van der Waals surface area contributed by atoms with E-state index in [0.717, 1.165) is 23.2 Å². The lowest BCUT2D eigenvalue weighted by Crippen LogP contribution is -2.27. The molecule has 0 fully saturated rings. The molecule has 0 aliphatic carbocycles. The minimum atomic E-state index is -2.43. The Bertz CT molecular complexity index is 1790. The van der Waals surface area contributed by atoms with Crippen molar-refractivity contribution in [2.75, 3.05) is 24.3 Å². The lowest BCUT2D eigenvalue weighted by Gasteiger charge is -2.18. The summed E-state index contributed by atoms with van der Waals surface area (Å²) in [4.78, 5) is 25.6. The first-order valence-corrected chi connectivity index (χ1v) is 15.2. The Morgan fingerprint density at radius 3 is 2.07 bits per heavy atom. The molecule has 1 amide bonds. The first-order valence-electron chi connectivity index (χ1n) is 13.0. The molecule has 1 aliphatic heterocycles. The third-order valence-electron chi connectivity index (χ3n) is 6.49. The van der Waals surface area contributed by atoms with Gasteiger partial charge < -0.3 is 19.3 Å². The highest BCUT2D eigenvalue weighted by Crippen LogP contribution is 2.29. The molecule has 0 bridgehead atoms. The van der Waals surface area contributed by atoms with Gasteiger partial charge in [-0.2, -0.15) is 5.10 Å². The number of aliphatic imine (C=N–C) groups is 1. The average molecular weight is 620 g/mol. The van der Waals surface area contributed by atoms with E-state index in [9.17, 15) is 22.3 Å². The van der Waals surface area contributed by atoms with E-state index < -0.39 is 28.1 Å². The van der Waals surface area contributed by atoms with Crippen LogP contribution in [0.25, 0.3) is 11.4 Å². The van der Waals surface area contributed by atoms with Crippen molar-refractivity contribution in [3.63, 3.8) is 0 Å². The molecule has 2 heterocycles. The summed E-state index contributed by atoms with van der Waals surface area (Å²) in [6, 6.07) is 18.1. The molecule has 1 aromatic heterocycles. The second-order valence-corrected chi connectivity index (χ2v) is 12.9. The van der Waals surface area contributed by atoms with E-state index in [1.807, 2.05) is 43.3 Å². The third kappa shape index (κ3) is 6.51. The van der Waals surface area contributed by atoms with E-state index in [-0.39, 0.29) is 20.8 Å². The van der Waals surface area contributed by atoms with E-state index in [1.165, 1.54) is 16.9 Å². The van der Waals surface area contributed by atoms with Crippen molar-refractivity contribution in [1.82, 2.24) is 14.9 Å². The molecular formula is C29H29N7O5S2. The highest BCUT2D eigenvalue weighted by Gasteiger charge is 2.34. The van der Waals surface area contributed by atoms with Crippen LogP contribution in [0.4, 0.5) is 17.1 Å². The van der Waals surface area contributed by atoms with Crippen LogP contribution in [0.15, 0.2) is 86.6 Å². The van der Waals surface area contributed by atoms with Crippen LogP contribution < -0.4 is 10.2 Å². The average Bonchev–Trinajstić information content (AvgIpc) is 3.53. The first-order chi connectivity index (χ1) is 20.3. The molecule has 0 radical (unpaired) electrons. The SMILES string of the molecule is CN(C)c1ccc(N=C2C(C(C)(C)C)=Nn3nc(-c4ccc(NC(=O)c5cc(S(=O)O)cc(S(=O)O)c5)cc4)nc32)cc1. The van der Waals surface area contributed by atoms with Gasteiger partial charge in [-0.05, 0) is 66.7 Å². The van der Waals surface area contributed by atoms with Crippen molar-refractivity contribution < 1.29 is 22.3 Å². The predicted octanol–water partition coefficient (Wildman–Crippen LogP) is 4.81. The highest BCUT2D eigenvalue weighted by molar-refractivity contribution is 7.80. The lowest BCUT2D eigenvalue weighted by atomic mass is 9.87. The Hall–Kier alpha value is -4.37. The van der Waals surface area contributed by atoms with Crippen LogP contribution in [0.3, 0.4) is 0 Å². The molecule has 222 valence electrons. The molecule has 4 aromatic rings. The fourth-order valence-corrected chi connectivity index (χ4v) is 5.25. The van der Waals surface area contributed by atoms with E-state index in [2.05, 4.69) is 31.2 Å². The molecule has 1 aliphatic rings. The molecule has 2 atom stereocenters. The van der Waals surface area contributed by atoms with Gasteiger partial charge >= 0.3 is 0 Å². The maximum Gasteiger partial charge on any atom is 0.255 e. The zero-order valence-electron chi connectivity index (χ0n) is 24.0. The van der Waals surface area contributed by atoms with Crippen molar-refractivity contribution in [3.8, 4) is 11.4 Å². The number of anilines is 2. The third-order valence-corrected chi connectivity index (χ3v) is 7.76. The maximum atomic E-state index is 12.8. The standard InChI is InChI=1S/C29H29N7O5S2/c1-29(2,3)25-24(30-19-10-12-21(13-11-19)35(4)5)27-32-26(34-36(27)33-25)17-6-8-20(9-7-17)31-28(37)18-14-22(42(38)39)16-23(15-18)43(40)41/h6-16H,1-5H3,(H,31,37)(H,38,39)(H,40,41). The number of nitrogens with zero attached hydrogens (tertiary/aromatic N) is 6. The van der Waals surface area contributed by atoms with Crippen molar-refractivity contribution in [3.05, 3.63) is 78.1 Å².